The van der Waals surface area contributed by atoms with E-state index in [-0.39, 0.29) is 0 Å². The van der Waals surface area contributed by atoms with Crippen LogP contribution in [0.2, 0.25) is 0 Å². The van der Waals surface area contributed by atoms with Crippen LogP contribution < -0.4 is 0 Å². The molecule has 1 atom stereocenters. The minimum Gasteiger partial charge on any atom is -0.396 e. The lowest BCUT2D eigenvalue weighted by Crippen LogP contribution is -1.98. The smallest absolute Gasteiger partial charge is 0.109 e. The highest BCUT2D eigenvalue weighted by atomic mass is 16.5. The monoisotopic (exact) mass is 403 g/mol. The third-order valence-electron chi connectivity index (χ3n) is 3.38. The van der Waals surface area contributed by atoms with Crippen molar-refractivity contribution in [1.29, 1.82) is 0 Å². The average Bonchev–Trinajstić information content (AvgIpc) is 2.76. The van der Waals surface area contributed by atoms with Crippen molar-refractivity contribution in [3.05, 3.63) is 48.2 Å². The van der Waals surface area contributed by atoms with Gasteiger partial charge in [-0.3, -0.25) is 9.98 Å². The van der Waals surface area contributed by atoms with Crippen LogP contribution in [-0.2, 0) is 4.74 Å². The molecule has 29 heavy (non-hydrogen) atoms. The van der Waals surface area contributed by atoms with Gasteiger partial charge < -0.3 is 9.84 Å². The summed E-state index contributed by atoms with van der Waals surface area (Å²) in [6.07, 6.45) is 13.2. The number of aliphatic hydroxyl groups is 1. The van der Waals surface area contributed by atoms with Crippen molar-refractivity contribution in [2.75, 3.05) is 26.9 Å². The van der Waals surface area contributed by atoms with Gasteiger partial charge in [-0.05, 0) is 37.7 Å². The number of ether oxygens (including phenoxy) is 1. The highest BCUT2D eigenvalue weighted by molar-refractivity contribution is 5.85. The van der Waals surface area contributed by atoms with Crippen LogP contribution in [0.1, 0.15) is 58.9 Å². The number of methoxy groups -OCH3 is 1. The minimum absolute atomic E-state index is 0.297. The summed E-state index contributed by atoms with van der Waals surface area (Å²) in [6.45, 7) is 9.89. The molecule has 0 aromatic heterocycles. The largest absolute Gasteiger partial charge is 0.396 e. The number of rotatable bonds is 12. The zero-order valence-corrected chi connectivity index (χ0v) is 19.0. The van der Waals surface area contributed by atoms with Gasteiger partial charge in [-0.25, -0.2) is 4.99 Å². The number of nitrogens with zero attached hydrogens (tertiary/aromatic N) is 3. The third-order valence-corrected chi connectivity index (χ3v) is 3.38. The van der Waals surface area contributed by atoms with Gasteiger partial charge in [0.05, 0.1) is 6.61 Å². The first kappa shape index (κ1) is 29.1. The summed E-state index contributed by atoms with van der Waals surface area (Å²) in [5.74, 6) is 0.418. The Morgan fingerprint density at radius 3 is 2.41 bits per heavy atom. The Balaban J connectivity index is 0. The van der Waals surface area contributed by atoms with Crippen LogP contribution in [0, 0.1) is 5.92 Å². The van der Waals surface area contributed by atoms with Crippen molar-refractivity contribution in [1.82, 2.24) is 0 Å². The lowest BCUT2D eigenvalue weighted by atomic mass is 10.2. The lowest BCUT2D eigenvalue weighted by molar-refractivity contribution is 0.176. The molecule has 164 valence electrons. The average molecular weight is 404 g/mol. The van der Waals surface area contributed by atoms with E-state index in [0.717, 1.165) is 44.4 Å². The second kappa shape index (κ2) is 25.9. The predicted molar refractivity (Wildman–Crippen MR) is 129 cm³/mol. The van der Waals surface area contributed by atoms with Crippen LogP contribution in [0.4, 0.5) is 0 Å². The highest BCUT2D eigenvalue weighted by Gasteiger charge is 1.92. The fourth-order valence-corrected chi connectivity index (χ4v) is 1.96. The summed E-state index contributed by atoms with van der Waals surface area (Å²) in [4.78, 5) is 12.1. The summed E-state index contributed by atoms with van der Waals surface area (Å²) < 4.78 is 5.00. The maximum Gasteiger partial charge on any atom is 0.109 e. The van der Waals surface area contributed by atoms with E-state index in [0.29, 0.717) is 12.5 Å². The molecule has 1 unspecified atom stereocenters. The predicted octanol–water partition coefficient (Wildman–Crippen LogP) is 5.59. The van der Waals surface area contributed by atoms with E-state index in [9.17, 15) is 0 Å². The fraction of sp³-hybridized carbons (Fsp3) is 0.542. The molecule has 0 aliphatic carbocycles. The molecule has 1 N–H and O–H groups in total. The Labute approximate surface area is 178 Å². The Morgan fingerprint density at radius 2 is 1.79 bits per heavy atom. The molecule has 0 radical (unpaired) electrons. The zero-order valence-electron chi connectivity index (χ0n) is 19.0. The molecule has 0 amide bonds. The van der Waals surface area contributed by atoms with Gasteiger partial charge in [-0.2, -0.15) is 0 Å². The van der Waals surface area contributed by atoms with E-state index in [1.807, 2.05) is 69.6 Å². The van der Waals surface area contributed by atoms with Crippen molar-refractivity contribution in [3.8, 4) is 0 Å². The number of unbranched alkanes of at least 4 members (excludes halogenated alkanes) is 3. The molecule has 0 saturated carbocycles. The molecule has 1 aromatic rings. The normalized spacial score (nSPS) is 12.2. The van der Waals surface area contributed by atoms with Crippen LogP contribution in [0.5, 0.6) is 0 Å². The highest BCUT2D eigenvalue weighted by Crippen LogP contribution is 1.99. The molecule has 0 saturated heterocycles. The molecule has 0 fully saturated rings. The minimum atomic E-state index is 0.297. The van der Waals surface area contributed by atoms with E-state index < -0.39 is 0 Å². The number of benzene rings is 1. The Kier molecular flexibility index (Phi) is 26.0. The molecule has 1 aromatic carbocycles. The molecule has 5 heteroatoms. The maximum atomic E-state index is 8.56. The summed E-state index contributed by atoms with van der Waals surface area (Å²) >= 11 is 0. The Morgan fingerprint density at radius 1 is 1.07 bits per heavy atom. The molecule has 0 spiro atoms. The van der Waals surface area contributed by atoms with Crippen molar-refractivity contribution in [3.63, 3.8) is 0 Å². The number of hydrogen-bond acceptors (Lipinski definition) is 4. The van der Waals surface area contributed by atoms with E-state index in [2.05, 4.69) is 21.9 Å². The van der Waals surface area contributed by atoms with Gasteiger partial charge in [0.1, 0.15) is 6.34 Å². The van der Waals surface area contributed by atoms with Gasteiger partial charge in [0.15, 0.2) is 0 Å². The third kappa shape index (κ3) is 23.9. The van der Waals surface area contributed by atoms with Gasteiger partial charge in [0.2, 0.25) is 0 Å². The van der Waals surface area contributed by atoms with E-state index in [1.54, 1.807) is 19.7 Å². The lowest BCUT2D eigenvalue weighted by Gasteiger charge is -2.01. The van der Waals surface area contributed by atoms with Gasteiger partial charge in [-0.15, -0.1) is 0 Å². The van der Waals surface area contributed by atoms with Gasteiger partial charge in [0, 0.05) is 38.9 Å². The first-order valence-corrected chi connectivity index (χ1v) is 10.6. The summed E-state index contributed by atoms with van der Waals surface area (Å²) in [5.41, 5.74) is 1.10. The second-order valence-corrected chi connectivity index (χ2v) is 5.98. The number of aliphatic imine (C=N–C) groups is 3. The van der Waals surface area contributed by atoms with E-state index >= 15 is 0 Å². The quantitative estimate of drug-likeness (QED) is 0.281. The first-order chi connectivity index (χ1) is 14.2. The molecule has 0 heterocycles. The summed E-state index contributed by atoms with van der Waals surface area (Å²) in [7, 11) is 1.70. The molecule has 1 rings (SSSR count). The van der Waals surface area contributed by atoms with Crippen LogP contribution in [0.15, 0.2) is 57.6 Å². The van der Waals surface area contributed by atoms with Crippen LogP contribution in [-0.4, -0.2) is 50.7 Å². The molecule has 0 bridgehead atoms. The summed E-state index contributed by atoms with van der Waals surface area (Å²) in [5, 5.41) is 8.56. The van der Waals surface area contributed by atoms with Gasteiger partial charge >= 0.3 is 0 Å². The second-order valence-electron chi connectivity index (χ2n) is 5.98. The van der Waals surface area contributed by atoms with Crippen LogP contribution in [0.25, 0.3) is 0 Å². The van der Waals surface area contributed by atoms with Gasteiger partial charge in [-0.1, -0.05) is 63.6 Å². The van der Waals surface area contributed by atoms with Crippen LogP contribution >= 0.6 is 0 Å². The van der Waals surface area contributed by atoms with E-state index in [4.69, 9.17) is 9.84 Å². The van der Waals surface area contributed by atoms with Crippen molar-refractivity contribution in [2.24, 2.45) is 20.9 Å². The molecular formula is C24H41N3O2. The first-order valence-electron chi connectivity index (χ1n) is 10.6. The fourth-order valence-electron chi connectivity index (χ4n) is 1.96. The number of aliphatic hydroxyl groups excluding tert-OH is 1. The Hall–Kier alpha value is -2.11. The topological polar surface area (TPSA) is 66.5 Å². The van der Waals surface area contributed by atoms with Crippen molar-refractivity contribution in [2.45, 2.75) is 53.4 Å². The molecular weight excluding hydrogens is 362 g/mol. The molecule has 0 aliphatic rings. The van der Waals surface area contributed by atoms with Crippen LogP contribution in [0.3, 0.4) is 0 Å². The number of hydrogen-bond donors (Lipinski definition) is 1. The zero-order chi connectivity index (χ0) is 22.0. The Bertz CT molecular complexity index is 540. The van der Waals surface area contributed by atoms with Crippen molar-refractivity contribution < 1.29 is 9.84 Å². The van der Waals surface area contributed by atoms with E-state index in [1.165, 1.54) is 0 Å². The SMILES string of the molecule is CC.CCN=CN=Cc1ccccc1.COCC(C)/C=C/N=CCCCCCO. The van der Waals surface area contributed by atoms with Gasteiger partial charge in [0.25, 0.3) is 0 Å². The molecule has 0 aliphatic heterocycles. The standard InChI is InChI=1S/C12H23NO2.C10H12N2.C2H6/c1-12(11-15-2)7-9-13-8-5-3-4-6-10-14;1-2-11-9-12-8-10-6-4-3-5-7-10;1-2/h7-9,12,14H,3-6,10-11H2,1-2H3;3-9H,2H2,1H3;1-2H3/b9-7+,13-8?;;. The molecule has 5 nitrogen and oxygen atoms in total. The van der Waals surface area contributed by atoms with Crippen molar-refractivity contribution >= 4 is 18.8 Å². The maximum absolute atomic E-state index is 8.56. The summed E-state index contributed by atoms with van der Waals surface area (Å²) in [6, 6.07) is 9.96.